The Kier molecular flexibility index (Phi) is 5.70. The topological polar surface area (TPSA) is 60.3 Å². The van der Waals surface area contributed by atoms with E-state index in [9.17, 15) is 9.59 Å². The van der Waals surface area contributed by atoms with E-state index in [1.807, 2.05) is 68.4 Å². The summed E-state index contributed by atoms with van der Waals surface area (Å²) in [5.74, 6) is 0.424. The number of nitrogens with zero attached hydrogens (tertiary/aromatic N) is 1. The van der Waals surface area contributed by atoms with Crippen molar-refractivity contribution in [2.45, 2.75) is 20.5 Å². The zero-order chi connectivity index (χ0) is 21.3. The van der Waals surface area contributed by atoms with Gasteiger partial charge in [0.2, 0.25) is 0 Å². The number of carbonyl (C=O) groups excluding carboxylic acids is 2. The molecule has 1 N–H and O–H groups in total. The van der Waals surface area contributed by atoms with Gasteiger partial charge in [-0.15, -0.1) is 0 Å². The molecule has 7 heteroatoms. The van der Waals surface area contributed by atoms with Gasteiger partial charge in [0, 0.05) is 22.1 Å². The summed E-state index contributed by atoms with van der Waals surface area (Å²) in [4.78, 5) is 23.6. The van der Waals surface area contributed by atoms with Gasteiger partial charge < -0.3 is 9.30 Å². The number of aromatic nitrogens is 1. The molecule has 1 aromatic heterocycles. The van der Waals surface area contributed by atoms with E-state index in [0.29, 0.717) is 16.5 Å². The standard InChI is InChI=1S/C23H19ClN2O3S/c1-14-11-17(12-21-22(27)25-23(28)30-21)15(2)26(14)19-7-9-20(10-8-19)29-13-16-3-5-18(24)6-4-16/h3-12H,13H2,1-2H3,(H,25,27,28)/b21-12-. The molecule has 152 valence electrons. The van der Waals surface area contributed by atoms with Gasteiger partial charge in [-0.05, 0) is 85.3 Å². The van der Waals surface area contributed by atoms with Gasteiger partial charge in [0.15, 0.2) is 0 Å². The number of imide groups is 1. The Bertz CT molecular complexity index is 1150. The van der Waals surface area contributed by atoms with Crippen LogP contribution in [0.5, 0.6) is 5.75 Å². The second-order valence-electron chi connectivity index (χ2n) is 6.92. The average molecular weight is 439 g/mol. The van der Waals surface area contributed by atoms with Crippen LogP contribution in [0.25, 0.3) is 11.8 Å². The molecular formula is C23H19ClN2O3S. The van der Waals surface area contributed by atoms with E-state index in [-0.39, 0.29) is 11.1 Å². The molecule has 2 amide bonds. The summed E-state index contributed by atoms with van der Waals surface area (Å²) in [5, 5.41) is 2.65. The molecule has 0 radical (unpaired) electrons. The van der Waals surface area contributed by atoms with E-state index >= 15 is 0 Å². The highest BCUT2D eigenvalue weighted by atomic mass is 35.5. The maximum Gasteiger partial charge on any atom is 0.290 e. The van der Waals surface area contributed by atoms with Crippen LogP contribution >= 0.6 is 23.4 Å². The Labute approximate surface area is 183 Å². The van der Waals surface area contributed by atoms with Crippen molar-refractivity contribution in [2.24, 2.45) is 0 Å². The summed E-state index contributed by atoms with van der Waals surface area (Å²) in [5.41, 5.74) is 4.97. The molecule has 4 rings (SSSR count). The van der Waals surface area contributed by atoms with E-state index in [2.05, 4.69) is 9.88 Å². The van der Waals surface area contributed by atoms with Crippen molar-refractivity contribution in [3.05, 3.63) is 87.0 Å². The summed E-state index contributed by atoms with van der Waals surface area (Å²) in [6.07, 6.45) is 1.76. The molecule has 1 fully saturated rings. The fourth-order valence-corrected chi connectivity index (χ4v) is 4.13. The van der Waals surface area contributed by atoms with Crippen LogP contribution in [0.2, 0.25) is 5.02 Å². The largest absolute Gasteiger partial charge is 0.489 e. The summed E-state index contributed by atoms with van der Waals surface area (Å²) >= 11 is 6.83. The molecule has 3 aromatic rings. The third-order valence-corrected chi connectivity index (χ3v) is 5.88. The van der Waals surface area contributed by atoms with Crippen LogP contribution in [-0.2, 0) is 11.4 Å². The van der Waals surface area contributed by atoms with Crippen LogP contribution in [0.4, 0.5) is 4.79 Å². The fourth-order valence-electron chi connectivity index (χ4n) is 3.33. The fraction of sp³-hybridized carbons (Fsp3) is 0.130. The van der Waals surface area contributed by atoms with Crippen LogP contribution in [0, 0.1) is 13.8 Å². The number of hydrogen-bond donors (Lipinski definition) is 1. The summed E-state index contributed by atoms with van der Waals surface area (Å²) < 4.78 is 7.96. The van der Waals surface area contributed by atoms with Gasteiger partial charge in [0.05, 0.1) is 4.91 Å². The van der Waals surface area contributed by atoms with Gasteiger partial charge in [-0.2, -0.15) is 0 Å². The molecule has 0 atom stereocenters. The van der Waals surface area contributed by atoms with Gasteiger partial charge in [0.1, 0.15) is 12.4 Å². The van der Waals surface area contributed by atoms with Crippen LogP contribution in [-0.4, -0.2) is 15.7 Å². The maximum absolute atomic E-state index is 11.8. The van der Waals surface area contributed by atoms with Gasteiger partial charge in [-0.1, -0.05) is 23.7 Å². The first-order chi connectivity index (χ1) is 14.4. The van der Waals surface area contributed by atoms with E-state index < -0.39 is 0 Å². The van der Waals surface area contributed by atoms with E-state index in [4.69, 9.17) is 16.3 Å². The molecule has 0 aliphatic carbocycles. The Balaban J connectivity index is 1.52. The van der Waals surface area contributed by atoms with Crippen LogP contribution < -0.4 is 10.1 Å². The molecule has 1 saturated heterocycles. The average Bonchev–Trinajstić information content (AvgIpc) is 3.19. The normalized spacial score (nSPS) is 15.0. The predicted octanol–water partition coefficient (Wildman–Crippen LogP) is 5.65. The lowest BCUT2D eigenvalue weighted by Crippen LogP contribution is -2.17. The quantitative estimate of drug-likeness (QED) is 0.523. The van der Waals surface area contributed by atoms with Gasteiger partial charge in [-0.25, -0.2) is 0 Å². The molecule has 1 aliphatic heterocycles. The molecule has 2 aromatic carbocycles. The van der Waals surface area contributed by atoms with Gasteiger partial charge >= 0.3 is 0 Å². The molecular weight excluding hydrogens is 420 g/mol. The Morgan fingerprint density at radius 2 is 1.77 bits per heavy atom. The Morgan fingerprint density at radius 1 is 1.07 bits per heavy atom. The lowest BCUT2D eigenvalue weighted by molar-refractivity contribution is -0.115. The molecule has 2 heterocycles. The number of rotatable bonds is 5. The molecule has 5 nitrogen and oxygen atoms in total. The number of nitrogens with one attached hydrogen (secondary N) is 1. The number of thioether (sulfide) groups is 1. The minimum atomic E-state index is -0.350. The summed E-state index contributed by atoms with van der Waals surface area (Å²) in [6, 6.07) is 17.4. The van der Waals surface area contributed by atoms with Crippen LogP contribution in [0.1, 0.15) is 22.5 Å². The zero-order valence-corrected chi connectivity index (χ0v) is 18.0. The number of halogens is 1. The van der Waals surface area contributed by atoms with Crippen LogP contribution in [0.3, 0.4) is 0 Å². The molecule has 1 aliphatic rings. The Hall–Kier alpha value is -2.96. The maximum atomic E-state index is 11.8. The number of ether oxygens (including phenoxy) is 1. The van der Waals surface area contributed by atoms with Gasteiger partial charge in [0.25, 0.3) is 11.1 Å². The molecule has 0 spiro atoms. The van der Waals surface area contributed by atoms with Crippen molar-refractivity contribution < 1.29 is 14.3 Å². The summed E-state index contributed by atoms with van der Waals surface area (Å²) in [6.45, 7) is 4.46. The molecule has 0 bridgehead atoms. The van der Waals surface area contributed by atoms with E-state index in [0.717, 1.165) is 45.7 Å². The van der Waals surface area contributed by atoms with E-state index in [1.165, 1.54) is 0 Å². The molecule has 0 unspecified atom stereocenters. The minimum absolute atomic E-state index is 0.339. The number of amides is 2. The monoisotopic (exact) mass is 438 g/mol. The lowest BCUT2D eigenvalue weighted by atomic mass is 10.2. The third-order valence-electron chi connectivity index (χ3n) is 4.81. The van der Waals surface area contributed by atoms with Crippen molar-refractivity contribution in [3.63, 3.8) is 0 Å². The Morgan fingerprint density at radius 3 is 2.40 bits per heavy atom. The summed E-state index contributed by atoms with van der Waals surface area (Å²) in [7, 11) is 0. The SMILES string of the molecule is Cc1cc(/C=C2\SC(=O)NC2=O)c(C)n1-c1ccc(OCc2ccc(Cl)cc2)cc1. The predicted molar refractivity (Wildman–Crippen MR) is 120 cm³/mol. The van der Waals surface area contributed by atoms with E-state index in [1.54, 1.807) is 6.08 Å². The van der Waals surface area contributed by atoms with Gasteiger partial charge in [-0.3, -0.25) is 14.9 Å². The molecule has 30 heavy (non-hydrogen) atoms. The number of carbonyl (C=O) groups is 2. The van der Waals surface area contributed by atoms with Crippen molar-refractivity contribution in [2.75, 3.05) is 0 Å². The highest BCUT2D eigenvalue weighted by Crippen LogP contribution is 2.29. The smallest absolute Gasteiger partial charge is 0.290 e. The first-order valence-electron chi connectivity index (χ1n) is 9.32. The second-order valence-corrected chi connectivity index (χ2v) is 8.37. The van der Waals surface area contributed by atoms with Crippen molar-refractivity contribution in [1.82, 2.24) is 9.88 Å². The highest BCUT2D eigenvalue weighted by molar-refractivity contribution is 8.18. The molecule has 0 saturated carbocycles. The van der Waals surface area contributed by atoms with Crippen molar-refractivity contribution in [3.8, 4) is 11.4 Å². The minimum Gasteiger partial charge on any atom is -0.489 e. The zero-order valence-electron chi connectivity index (χ0n) is 16.4. The van der Waals surface area contributed by atoms with Crippen molar-refractivity contribution in [1.29, 1.82) is 0 Å². The lowest BCUT2D eigenvalue weighted by Gasteiger charge is -2.11. The first kappa shape index (κ1) is 20.3. The second kappa shape index (κ2) is 8.42. The number of aryl methyl sites for hydroxylation is 1. The highest BCUT2D eigenvalue weighted by Gasteiger charge is 2.25. The third kappa shape index (κ3) is 4.30. The number of hydrogen-bond acceptors (Lipinski definition) is 4. The van der Waals surface area contributed by atoms with Crippen LogP contribution in [0.15, 0.2) is 59.5 Å². The first-order valence-corrected chi connectivity index (χ1v) is 10.5. The van der Waals surface area contributed by atoms with Crippen molar-refractivity contribution >= 4 is 40.6 Å². The number of benzene rings is 2.